The molecule has 1 amide bonds. The molecule has 4 nitrogen and oxygen atoms in total. The summed E-state index contributed by atoms with van der Waals surface area (Å²) < 4.78 is 5.77. The van der Waals surface area contributed by atoms with E-state index in [0.717, 1.165) is 0 Å². The monoisotopic (exact) mass is 286 g/mol. The third kappa shape index (κ3) is 3.20. The Hall–Kier alpha value is -1.10. The Morgan fingerprint density at radius 3 is 2.56 bits per heavy atom. The van der Waals surface area contributed by atoms with Gasteiger partial charge in [-0.2, -0.15) is 0 Å². The number of carbonyl (C=O) groups is 1. The van der Waals surface area contributed by atoms with Gasteiger partial charge in [0.1, 0.15) is 4.60 Å². The molecule has 1 aromatic rings. The number of aromatic nitrogens is 1. The van der Waals surface area contributed by atoms with Crippen LogP contribution >= 0.6 is 15.9 Å². The molecule has 5 heteroatoms. The molecule has 0 saturated heterocycles. The van der Waals surface area contributed by atoms with Crippen LogP contribution in [-0.4, -0.2) is 18.0 Å². The zero-order valence-corrected chi connectivity index (χ0v) is 11.4. The van der Waals surface area contributed by atoms with Crippen LogP contribution in [0.2, 0.25) is 0 Å². The maximum Gasteiger partial charge on any atom is 0.231 e. The molecule has 0 radical (unpaired) electrons. The van der Waals surface area contributed by atoms with Gasteiger partial charge in [0.05, 0.1) is 7.11 Å². The summed E-state index contributed by atoms with van der Waals surface area (Å²) in [6.07, 6.45) is 0. The van der Waals surface area contributed by atoms with Crippen molar-refractivity contribution in [3.05, 3.63) is 16.7 Å². The number of pyridine rings is 1. The van der Waals surface area contributed by atoms with Crippen molar-refractivity contribution in [2.75, 3.05) is 12.4 Å². The summed E-state index contributed by atoms with van der Waals surface area (Å²) in [5.74, 6) is 0.869. The van der Waals surface area contributed by atoms with Crippen molar-refractivity contribution in [2.24, 2.45) is 5.41 Å². The van der Waals surface area contributed by atoms with Crippen LogP contribution in [-0.2, 0) is 4.79 Å². The SMILES string of the molecule is COc1ccc(Br)nc1NC(=O)C(C)(C)C. The van der Waals surface area contributed by atoms with E-state index in [2.05, 4.69) is 26.2 Å². The zero-order valence-electron chi connectivity index (χ0n) is 9.80. The zero-order chi connectivity index (χ0) is 12.3. The van der Waals surface area contributed by atoms with Crippen molar-refractivity contribution >= 4 is 27.7 Å². The van der Waals surface area contributed by atoms with E-state index in [1.54, 1.807) is 12.1 Å². The molecule has 1 heterocycles. The first-order valence-electron chi connectivity index (χ1n) is 4.86. The average molecular weight is 287 g/mol. The van der Waals surface area contributed by atoms with E-state index in [0.29, 0.717) is 16.2 Å². The Bertz CT molecular complexity index is 399. The standard InChI is InChI=1S/C11H15BrN2O2/c1-11(2,3)10(15)14-9-7(16-4)5-6-8(12)13-9/h5-6H,1-4H3,(H,13,14,15). The van der Waals surface area contributed by atoms with Crippen molar-refractivity contribution in [1.82, 2.24) is 4.98 Å². The van der Waals surface area contributed by atoms with Gasteiger partial charge in [-0.15, -0.1) is 0 Å². The largest absolute Gasteiger partial charge is 0.493 e. The van der Waals surface area contributed by atoms with E-state index in [1.165, 1.54) is 7.11 Å². The summed E-state index contributed by atoms with van der Waals surface area (Å²) in [5.41, 5.74) is -0.463. The third-order valence-electron chi connectivity index (χ3n) is 1.96. The minimum Gasteiger partial charge on any atom is -0.493 e. The van der Waals surface area contributed by atoms with Gasteiger partial charge >= 0.3 is 0 Å². The number of carbonyl (C=O) groups excluding carboxylic acids is 1. The topological polar surface area (TPSA) is 51.2 Å². The van der Waals surface area contributed by atoms with Crippen LogP contribution in [0.1, 0.15) is 20.8 Å². The number of ether oxygens (including phenoxy) is 1. The number of hydrogen-bond donors (Lipinski definition) is 1. The smallest absolute Gasteiger partial charge is 0.231 e. The van der Waals surface area contributed by atoms with Crippen LogP contribution in [0.3, 0.4) is 0 Å². The van der Waals surface area contributed by atoms with Crippen molar-refractivity contribution in [1.29, 1.82) is 0 Å². The molecular weight excluding hydrogens is 272 g/mol. The van der Waals surface area contributed by atoms with E-state index >= 15 is 0 Å². The summed E-state index contributed by atoms with van der Waals surface area (Å²) in [6.45, 7) is 5.52. The first kappa shape index (κ1) is 13.0. The summed E-state index contributed by atoms with van der Waals surface area (Å²) in [4.78, 5) is 15.9. The molecule has 0 saturated carbocycles. The predicted octanol–water partition coefficient (Wildman–Crippen LogP) is 2.84. The number of methoxy groups -OCH3 is 1. The molecule has 0 aliphatic rings. The Morgan fingerprint density at radius 1 is 1.44 bits per heavy atom. The molecule has 88 valence electrons. The van der Waals surface area contributed by atoms with Gasteiger partial charge in [-0.1, -0.05) is 20.8 Å². The van der Waals surface area contributed by atoms with Gasteiger partial charge in [-0.25, -0.2) is 4.98 Å². The van der Waals surface area contributed by atoms with Crippen LogP contribution in [0.25, 0.3) is 0 Å². The van der Waals surface area contributed by atoms with Crippen molar-refractivity contribution in [3.63, 3.8) is 0 Å². The van der Waals surface area contributed by atoms with Gasteiger partial charge in [0, 0.05) is 5.41 Å². The highest BCUT2D eigenvalue weighted by molar-refractivity contribution is 9.10. The number of hydrogen-bond acceptors (Lipinski definition) is 3. The van der Waals surface area contributed by atoms with Crippen LogP contribution in [0.15, 0.2) is 16.7 Å². The highest BCUT2D eigenvalue weighted by atomic mass is 79.9. The van der Waals surface area contributed by atoms with E-state index in [1.807, 2.05) is 20.8 Å². The van der Waals surface area contributed by atoms with Crippen molar-refractivity contribution in [2.45, 2.75) is 20.8 Å². The molecule has 16 heavy (non-hydrogen) atoms. The second-order valence-electron chi connectivity index (χ2n) is 4.39. The number of amides is 1. The highest BCUT2D eigenvalue weighted by Gasteiger charge is 2.22. The molecule has 0 unspecified atom stereocenters. The molecule has 1 aromatic heterocycles. The van der Waals surface area contributed by atoms with Gasteiger partial charge in [0.15, 0.2) is 11.6 Å². The molecular formula is C11H15BrN2O2. The summed E-state index contributed by atoms with van der Waals surface area (Å²) in [5, 5.41) is 2.74. The lowest BCUT2D eigenvalue weighted by Gasteiger charge is -2.18. The number of nitrogens with zero attached hydrogens (tertiary/aromatic N) is 1. The molecule has 0 spiro atoms. The molecule has 0 aromatic carbocycles. The molecule has 0 aliphatic carbocycles. The number of anilines is 1. The van der Waals surface area contributed by atoms with Crippen molar-refractivity contribution < 1.29 is 9.53 Å². The Balaban J connectivity index is 2.96. The van der Waals surface area contributed by atoms with Gasteiger partial charge < -0.3 is 10.1 Å². The fourth-order valence-corrected chi connectivity index (χ4v) is 1.28. The second kappa shape index (κ2) is 4.82. The minimum absolute atomic E-state index is 0.101. The predicted molar refractivity (Wildman–Crippen MR) is 66.6 cm³/mol. The van der Waals surface area contributed by atoms with Crippen LogP contribution < -0.4 is 10.1 Å². The van der Waals surface area contributed by atoms with E-state index in [4.69, 9.17) is 4.74 Å². The summed E-state index contributed by atoms with van der Waals surface area (Å²) in [7, 11) is 1.54. The lowest BCUT2D eigenvalue weighted by Crippen LogP contribution is -2.28. The molecule has 0 fully saturated rings. The Morgan fingerprint density at radius 2 is 2.06 bits per heavy atom. The lowest BCUT2D eigenvalue weighted by molar-refractivity contribution is -0.123. The van der Waals surface area contributed by atoms with Crippen LogP contribution in [0, 0.1) is 5.41 Å². The van der Waals surface area contributed by atoms with E-state index < -0.39 is 5.41 Å². The minimum atomic E-state index is -0.463. The van der Waals surface area contributed by atoms with Gasteiger partial charge in [-0.05, 0) is 28.1 Å². The second-order valence-corrected chi connectivity index (χ2v) is 5.20. The van der Waals surface area contributed by atoms with E-state index in [9.17, 15) is 4.79 Å². The molecule has 1 rings (SSSR count). The van der Waals surface area contributed by atoms with Crippen LogP contribution in [0.5, 0.6) is 5.75 Å². The molecule has 0 aliphatic heterocycles. The van der Waals surface area contributed by atoms with Crippen LogP contribution in [0.4, 0.5) is 5.82 Å². The first-order chi connectivity index (χ1) is 7.34. The average Bonchev–Trinajstić information content (AvgIpc) is 2.16. The maximum absolute atomic E-state index is 11.8. The Labute approximate surface area is 104 Å². The van der Waals surface area contributed by atoms with Gasteiger partial charge in [0.25, 0.3) is 0 Å². The fourth-order valence-electron chi connectivity index (χ4n) is 0.972. The number of halogens is 1. The number of nitrogens with one attached hydrogen (secondary N) is 1. The maximum atomic E-state index is 11.8. The normalized spacial score (nSPS) is 11.1. The van der Waals surface area contributed by atoms with Gasteiger partial charge in [0.2, 0.25) is 5.91 Å². The first-order valence-corrected chi connectivity index (χ1v) is 5.66. The molecule has 0 bridgehead atoms. The summed E-state index contributed by atoms with van der Waals surface area (Å²) >= 11 is 3.25. The third-order valence-corrected chi connectivity index (χ3v) is 2.40. The van der Waals surface area contributed by atoms with E-state index in [-0.39, 0.29) is 5.91 Å². The lowest BCUT2D eigenvalue weighted by atomic mass is 9.96. The summed E-state index contributed by atoms with van der Waals surface area (Å²) in [6, 6.07) is 3.50. The molecule has 1 N–H and O–H groups in total. The van der Waals surface area contributed by atoms with Gasteiger partial charge in [-0.3, -0.25) is 4.79 Å². The Kier molecular flexibility index (Phi) is 3.91. The number of rotatable bonds is 2. The quantitative estimate of drug-likeness (QED) is 0.851. The fraction of sp³-hybridized carbons (Fsp3) is 0.455. The highest BCUT2D eigenvalue weighted by Crippen LogP contribution is 2.26. The molecule has 0 atom stereocenters. The van der Waals surface area contributed by atoms with Crippen molar-refractivity contribution in [3.8, 4) is 5.75 Å².